The van der Waals surface area contributed by atoms with Crippen LogP contribution in [0.25, 0.3) is 0 Å². The first-order valence-corrected chi connectivity index (χ1v) is 7.42. The summed E-state index contributed by atoms with van der Waals surface area (Å²) in [5.74, 6) is 0.208. The molecular formula is C16H23F2NO2. The summed E-state index contributed by atoms with van der Waals surface area (Å²) in [4.78, 5) is 0. The van der Waals surface area contributed by atoms with Crippen LogP contribution in [0, 0.1) is 0 Å². The van der Waals surface area contributed by atoms with Crippen LogP contribution in [-0.4, -0.2) is 25.9 Å². The van der Waals surface area contributed by atoms with Gasteiger partial charge in [-0.25, -0.2) is 0 Å². The third kappa shape index (κ3) is 4.93. The number of hydrogen-bond donors (Lipinski definition) is 1. The number of halogens is 2. The lowest BCUT2D eigenvalue weighted by molar-refractivity contribution is -0.0499. The summed E-state index contributed by atoms with van der Waals surface area (Å²) >= 11 is 0. The lowest BCUT2D eigenvalue weighted by atomic mass is 9.92. The van der Waals surface area contributed by atoms with E-state index in [1.54, 1.807) is 25.3 Å². The topological polar surface area (TPSA) is 30.5 Å². The molecule has 0 heterocycles. The highest BCUT2D eigenvalue weighted by atomic mass is 19.3. The van der Waals surface area contributed by atoms with Gasteiger partial charge in [0, 0.05) is 19.2 Å². The molecule has 0 saturated heterocycles. The van der Waals surface area contributed by atoms with E-state index in [-0.39, 0.29) is 11.8 Å². The minimum absolute atomic E-state index is 0.107. The smallest absolute Gasteiger partial charge is 0.387 e. The molecule has 1 aromatic rings. The van der Waals surface area contributed by atoms with Crippen molar-refractivity contribution in [3.05, 3.63) is 29.8 Å². The van der Waals surface area contributed by atoms with Crippen molar-refractivity contribution in [1.82, 2.24) is 5.32 Å². The van der Waals surface area contributed by atoms with E-state index in [0.717, 1.165) is 31.2 Å². The summed E-state index contributed by atoms with van der Waals surface area (Å²) in [5.41, 5.74) is 0.960. The van der Waals surface area contributed by atoms with Crippen molar-refractivity contribution in [2.45, 2.75) is 57.4 Å². The third-order valence-corrected chi connectivity index (χ3v) is 4.08. The Bertz CT molecular complexity index is 434. The van der Waals surface area contributed by atoms with Crippen LogP contribution < -0.4 is 10.1 Å². The van der Waals surface area contributed by atoms with Gasteiger partial charge in [-0.15, -0.1) is 0 Å². The second-order valence-electron chi connectivity index (χ2n) is 5.55. The number of ether oxygens (including phenoxy) is 2. The second kappa shape index (κ2) is 7.71. The SMILES string of the molecule is COC1CCC(NC(C)c2cccc(OC(F)F)c2)CC1. The van der Waals surface area contributed by atoms with E-state index in [0.29, 0.717) is 12.1 Å². The third-order valence-electron chi connectivity index (χ3n) is 4.08. The number of rotatable bonds is 6. The first-order valence-electron chi connectivity index (χ1n) is 7.42. The van der Waals surface area contributed by atoms with Crippen LogP contribution in [0.5, 0.6) is 5.75 Å². The molecule has 1 unspecified atom stereocenters. The number of methoxy groups -OCH3 is 1. The molecule has 1 saturated carbocycles. The zero-order chi connectivity index (χ0) is 15.2. The molecule has 0 spiro atoms. The fourth-order valence-electron chi connectivity index (χ4n) is 2.88. The summed E-state index contributed by atoms with van der Waals surface area (Å²) in [6.07, 6.45) is 4.66. The predicted octanol–water partition coefficient (Wildman–Crippen LogP) is 3.90. The maximum absolute atomic E-state index is 12.2. The van der Waals surface area contributed by atoms with E-state index < -0.39 is 6.61 Å². The fourth-order valence-corrected chi connectivity index (χ4v) is 2.88. The van der Waals surface area contributed by atoms with Gasteiger partial charge in [0.1, 0.15) is 5.75 Å². The van der Waals surface area contributed by atoms with Crippen molar-refractivity contribution < 1.29 is 18.3 Å². The lowest BCUT2D eigenvalue weighted by Gasteiger charge is -2.30. The van der Waals surface area contributed by atoms with Crippen molar-refractivity contribution in [3.63, 3.8) is 0 Å². The van der Waals surface area contributed by atoms with Crippen molar-refractivity contribution in [2.24, 2.45) is 0 Å². The molecule has 3 nitrogen and oxygen atoms in total. The van der Waals surface area contributed by atoms with Crippen molar-refractivity contribution in [1.29, 1.82) is 0 Å². The van der Waals surface area contributed by atoms with Gasteiger partial charge in [0.2, 0.25) is 0 Å². The van der Waals surface area contributed by atoms with Gasteiger partial charge in [0.25, 0.3) is 0 Å². The van der Waals surface area contributed by atoms with E-state index >= 15 is 0 Å². The van der Waals surface area contributed by atoms with E-state index in [1.807, 2.05) is 13.0 Å². The Balaban J connectivity index is 1.89. The number of benzene rings is 1. The first kappa shape index (κ1) is 16.2. The Labute approximate surface area is 124 Å². The highest BCUT2D eigenvalue weighted by molar-refractivity contribution is 5.30. The number of nitrogens with one attached hydrogen (secondary N) is 1. The minimum atomic E-state index is -2.78. The van der Waals surface area contributed by atoms with Gasteiger partial charge in [-0.1, -0.05) is 12.1 Å². The van der Waals surface area contributed by atoms with Gasteiger partial charge in [-0.05, 0) is 50.3 Å². The van der Waals surface area contributed by atoms with Crippen LogP contribution in [0.3, 0.4) is 0 Å². The van der Waals surface area contributed by atoms with Crippen molar-refractivity contribution in [3.8, 4) is 5.75 Å². The molecule has 1 atom stereocenters. The summed E-state index contributed by atoms with van der Waals surface area (Å²) in [7, 11) is 1.76. The van der Waals surface area contributed by atoms with E-state index in [1.165, 1.54) is 0 Å². The highest BCUT2D eigenvalue weighted by Gasteiger charge is 2.22. The molecule has 0 amide bonds. The summed E-state index contributed by atoms with van der Waals surface area (Å²) < 4.78 is 34.3. The Morgan fingerprint density at radius 2 is 1.90 bits per heavy atom. The van der Waals surface area contributed by atoms with E-state index in [4.69, 9.17) is 4.74 Å². The molecule has 118 valence electrons. The average Bonchev–Trinajstić information content (AvgIpc) is 2.47. The Morgan fingerprint density at radius 1 is 1.19 bits per heavy atom. The molecule has 2 rings (SSSR count). The fraction of sp³-hybridized carbons (Fsp3) is 0.625. The van der Waals surface area contributed by atoms with Crippen LogP contribution in [0.1, 0.15) is 44.2 Å². The van der Waals surface area contributed by atoms with Crippen molar-refractivity contribution in [2.75, 3.05) is 7.11 Å². The number of hydrogen-bond acceptors (Lipinski definition) is 3. The van der Waals surface area contributed by atoms with Crippen LogP contribution in [0.15, 0.2) is 24.3 Å². The summed E-state index contributed by atoms with van der Waals surface area (Å²) in [6, 6.07) is 7.45. The lowest BCUT2D eigenvalue weighted by Crippen LogP contribution is -2.36. The highest BCUT2D eigenvalue weighted by Crippen LogP contribution is 2.25. The quantitative estimate of drug-likeness (QED) is 0.864. The van der Waals surface area contributed by atoms with Gasteiger partial charge in [0.15, 0.2) is 0 Å². The molecule has 1 fully saturated rings. The monoisotopic (exact) mass is 299 g/mol. The first-order chi connectivity index (χ1) is 10.1. The molecule has 1 aromatic carbocycles. The van der Waals surface area contributed by atoms with Gasteiger partial charge in [0.05, 0.1) is 6.10 Å². The molecule has 1 aliphatic rings. The van der Waals surface area contributed by atoms with E-state index in [9.17, 15) is 8.78 Å². The van der Waals surface area contributed by atoms with Crippen LogP contribution in [0.4, 0.5) is 8.78 Å². The van der Waals surface area contributed by atoms with Crippen LogP contribution >= 0.6 is 0 Å². The van der Waals surface area contributed by atoms with Gasteiger partial charge in [-0.2, -0.15) is 8.78 Å². The van der Waals surface area contributed by atoms with Crippen LogP contribution in [0.2, 0.25) is 0 Å². The van der Waals surface area contributed by atoms with E-state index in [2.05, 4.69) is 10.1 Å². The number of alkyl halides is 2. The molecular weight excluding hydrogens is 276 g/mol. The van der Waals surface area contributed by atoms with Crippen LogP contribution in [-0.2, 0) is 4.74 Å². The molecule has 0 aromatic heterocycles. The molecule has 21 heavy (non-hydrogen) atoms. The predicted molar refractivity (Wildman–Crippen MR) is 77.7 cm³/mol. The maximum atomic E-state index is 12.2. The van der Waals surface area contributed by atoms with Crippen molar-refractivity contribution >= 4 is 0 Å². The zero-order valence-corrected chi connectivity index (χ0v) is 12.5. The molecule has 0 aliphatic heterocycles. The largest absolute Gasteiger partial charge is 0.435 e. The Hall–Kier alpha value is -1.20. The average molecular weight is 299 g/mol. The molecule has 1 aliphatic carbocycles. The van der Waals surface area contributed by atoms with Gasteiger partial charge in [-0.3, -0.25) is 0 Å². The van der Waals surface area contributed by atoms with Gasteiger partial charge < -0.3 is 14.8 Å². The minimum Gasteiger partial charge on any atom is -0.435 e. The zero-order valence-electron chi connectivity index (χ0n) is 12.5. The standard InChI is InChI=1S/C16H23F2NO2/c1-11(19-13-6-8-14(20-2)9-7-13)12-4-3-5-15(10-12)21-16(17)18/h3-5,10-11,13-14,16,19H,6-9H2,1-2H3. The summed E-state index contributed by atoms with van der Waals surface area (Å²) in [6.45, 7) is -0.739. The molecule has 0 bridgehead atoms. The second-order valence-corrected chi connectivity index (χ2v) is 5.55. The Morgan fingerprint density at radius 3 is 2.52 bits per heavy atom. The molecule has 5 heteroatoms. The maximum Gasteiger partial charge on any atom is 0.387 e. The van der Waals surface area contributed by atoms with Gasteiger partial charge >= 0.3 is 6.61 Å². The molecule has 1 N–H and O–H groups in total. The Kier molecular flexibility index (Phi) is 5.94. The summed E-state index contributed by atoms with van der Waals surface area (Å²) in [5, 5.41) is 3.56. The molecule has 0 radical (unpaired) electrons. The normalized spacial score (nSPS) is 24.0.